The lowest BCUT2D eigenvalue weighted by molar-refractivity contribution is -0.114. The third-order valence-corrected chi connectivity index (χ3v) is 3.26. The Morgan fingerprint density at radius 1 is 1.35 bits per heavy atom. The minimum Gasteiger partial charge on any atom is -0.445 e. The van der Waals surface area contributed by atoms with E-state index in [1.54, 1.807) is 0 Å². The van der Waals surface area contributed by atoms with Gasteiger partial charge >= 0.3 is 6.09 Å². The van der Waals surface area contributed by atoms with E-state index in [4.69, 9.17) is 10.1 Å². The first kappa shape index (κ1) is 14.2. The summed E-state index contributed by atoms with van der Waals surface area (Å²) >= 11 is 0. The van der Waals surface area contributed by atoms with Crippen LogP contribution in [0.1, 0.15) is 24.8 Å². The molecule has 0 radical (unpaired) electrons. The fourth-order valence-electron chi connectivity index (χ4n) is 1.94. The van der Waals surface area contributed by atoms with E-state index >= 15 is 0 Å². The molecule has 1 aromatic carbocycles. The van der Waals surface area contributed by atoms with Crippen LogP contribution >= 0.6 is 0 Å². The Balaban J connectivity index is 1.81. The highest BCUT2D eigenvalue weighted by Crippen LogP contribution is 2.33. The van der Waals surface area contributed by atoms with Crippen molar-refractivity contribution in [2.75, 3.05) is 0 Å². The molecule has 0 bridgehead atoms. The molecule has 0 heterocycles. The molecule has 1 atom stereocenters. The highest BCUT2D eigenvalue weighted by molar-refractivity contribution is 6.29. The number of nitrogens with one attached hydrogen (secondary N) is 2. The molecule has 5 heteroatoms. The highest BCUT2D eigenvalue weighted by Gasteiger charge is 2.29. The second-order valence-corrected chi connectivity index (χ2v) is 4.98. The standard InChI is InChI=1S/C15H18N2O3/c16-9-14(18)13(8-11-6-7-11)17-15(19)20-10-12-4-2-1-3-5-12/h1-5,9,11,13,16H,6-8,10H2,(H,17,19)/t13-/m0/s1. The van der Waals surface area contributed by atoms with Gasteiger partial charge in [0.05, 0.1) is 12.3 Å². The van der Waals surface area contributed by atoms with Gasteiger partial charge in [-0.05, 0) is 17.9 Å². The maximum absolute atomic E-state index is 11.7. The molecular formula is C15H18N2O3. The third kappa shape index (κ3) is 4.50. The number of amides is 1. The van der Waals surface area contributed by atoms with Crippen molar-refractivity contribution in [2.45, 2.75) is 31.9 Å². The maximum Gasteiger partial charge on any atom is 0.408 e. The Morgan fingerprint density at radius 2 is 2.05 bits per heavy atom. The smallest absolute Gasteiger partial charge is 0.408 e. The first-order valence-electron chi connectivity index (χ1n) is 6.70. The third-order valence-electron chi connectivity index (χ3n) is 3.26. The average molecular weight is 274 g/mol. The lowest BCUT2D eigenvalue weighted by Crippen LogP contribution is -2.41. The molecule has 0 unspecified atom stereocenters. The van der Waals surface area contributed by atoms with E-state index in [2.05, 4.69) is 5.32 Å². The van der Waals surface area contributed by atoms with E-state index in [-0.39, 0.29) is 12.4 Å². The molecule has 5 nitrogen and oxygen atoms in total. The SMILES string of the molecule is N=CC(=O)[C@H](CC1CC1)NC(=O)OCc1ccccc1. The van der Waals surface area contributed by atoms with Gasteiger partial charge in [0.2, 0.25) is 0 Å². The number of hydrogen-bond donors (Lipinski definition) is 2. The number of benzene rings is 1. The summed E-state index contributed by atoms with van der Waals surface area (Å²) in [6.45, 7) is 0.168. The second-order valence-electron chi connectivity index (χ2n) is 4.98. The van der Waals surface area contributed by atoms with E-state index in [0.29, 0.717) is 12.3 Å². The van der Waals surface area contributed by atoms with E-state index < -0.39 is 12.1 Å². The molecule has 1 aliphatic rings. The molecular weight excluding hydrogens is 256 g/mol. The predicted molar refractivity (Wildman–Crippen MR) is 74.7 cm³/mol. The Hall–Kier alpha value is -2.17. The first-order valence-corrected chi connectivity index (χ1v) is 6.70. The van der Waals surface area contributed by atoms with Crippen LogP contribution in [-0.4, -0.2) is 24.1 Å². The molecule has 2 N–H and O–H groups in total. The number of hydrogen-bond acceptors (Lipinski definition) is 4. The maximum atomic E-state index is 11.7. The van der Waals surface area contributed by atoms with Crippen LogP contribution in [0, 0.1) is 11.3 Å². The van der Waals surface area contributed by atoms with Crippen LogP contribution in [0.2, 0.25) is 0 Å². The van der Waals surface area contributed by atoms with Gasteiger partial charge in [-0.1, -0.05) is 43.2 Å². The first-order chi connectivity index (χ1) is 9.69. The zero-order chi connectivity index (χ0) is 14.4. The van der Waals surface area contributed by atoms with Crippen molar-refractivity contribution in [2.24, 2.45) is 5.92 Å². The molecule has 20 heavy (non-hydrogen) atoms. The zero-order valence-corrected chi connectivity index (χ0v) is 11.2. The second kappa shape index (κ2) is 6.84. The molecule has 1 aliphatic carbocycles. The molecule has 1 fully saturated rings. The summed E-state index contributed by atoms with van der Waals surface area (Å²) in [5.41, 5.74) is 0.889. The minimum atomic E-state index is -0.636. The van der Waals surface area contributed by atoms with Gasteiger partial charge in [0.1, 0.15) is 6.61 Å². The van der Waals surface area contributed by atoms with Gasteiger partial charge in [0.25, 0.3) is 0 Å². The van der Waals surface area contributed by atoms with E-state index in [1.165, 1.54) is 0 Å². The molecule has 1 amide bonds. The summed E-state index contributed by atoms with van der Waals surface area (Å²) in [6, 6.07) is 8.70. The normalized spacial score (nSPS) is 15.2. The number of Topliss-reactive ketones (excluding diaryl/α,β-unsaturated/α-hetero) is 1. The molecule has 0 aromatic heterocycles. The fourth-order valence-corrected chi connectivity index (χ4v) is 1.94. The summed E-state index contributed by atoms with van der Waals surface area (Å²) < 4.78 is 5.08. The van der Waals surface area contributed by atoms with Gasteiger partial charge in [-0.15, -0.1) is 0 Å². The molecule has 0 spiro atoms. The number of alkyl carbamates (subject to hydrolysis) is 1. The molecule has 106 valence electrons. The summed E-state index contributed by atoms with van der Waals surface area (Å²) in [5.74, 6) is 0.104. The van der Waals surface area contributed by atoms with Crippen molar-refractivity contribution in [3.63, 3.8) is 0 Å². The fraction of sp³-hybridized carbons (Fsp3) is 0.400. The van der Waals surface area contributed by atoms with Crippen LogP contribution < -0.4 is 5.32 Å². The van der Waals surface area contributed by atoms with Crippen molar-refractivity contribution >= 4 is 18.1 Å². The number of carbonyl (C=O) groups excluding carboxylic acids is 2. The monoisotopic (exact) mass is 274 g/mol. The Bertz CT molecular complexity index is 483. The molecule has 1 saturated carbocycles. The van der Waals surface area contributed by atoms with Crippen LogP contribution in [0.25, 0.3) is 0 Å². The van der Waals surface area contributed by atoms with Crippen molar-refractivity contribution in [3.05, 3.63) is 35.9 Å². The number of rotatable bonds is 7. The molecule has 0 saturated heterocycles. The minimum absolute atomic E-state index is 0.168. The lowest BCUT2D eigenvalue weighted by atomic mass is 10.1. The van der Waals surface area contributed by atoms with Crippen molar-refractivity contribution in [3.8, 4) is 0 Å². The van der Waals surface area contributed by atoms with E-state index in [1.807, 2.05) is 30.3 Å². The average Bonchev–Trinajstić information content (AvgIpc) is 3.28. The van der Waals surface area contributed by atoms with Crippen LogP contribution in [0.15, 0.2) is 30.3 Å². The zero-order valence-electron chi connectivity index (χ0n) is 11.2. The molecule has 2 rings (SSSR count). The van der Waals surface area contributed by atoms with E-state index in [0.717, 1.165) is 24.6 Å². The summed E-state index contributed by atoms with van der Waals surface area (Å²) in [4.78, 5) is 23.3. The van der Waals surface area contributed by atoms with Crippen molar-refractivity contribution in [1.82, 2.24) is 5.32 Å². The number of ketones is 1. The van der Waals surface area contributed by atoms with Crippen LogP contribution in [0.4, 0.5) is 4.79 Å². The van der Waals surface area contributed by atoms with Crippen molar-refractivity contribution < 1.29 is 14.3 Å². The number of carbonyl (C=O) groups is 2. The molecule has 1 aromatic rings. The lowest BCUT2D eigenvalue weighted by Gasteiger charge is -2.15. The summed E-state index contributed by atoms with van der Waals surface area (Å²) in [5, 5.41) is 9.57. The van der Waals surface area contributed by atoms with E-state index in [9.17, 15) is 9.59 Å². The van der Waals surface area contributed by atoms with Gasteiger partial charge in [-0.3, -0.25) is 4.79 Å². The largest absolute Gasteiger partial charge is 0.445 e. The summed E-state index contributed by atoms with van der Waals surface area (Å²) in [6.07, 6.45) is 2.90. The number of ether oxygens (including phenoxy) is 1. The highest BCUT2D eigenvalue weighted by atomic mass is 16.5. The van der Waals surface area contributed by atoms with Crippen LogP contribution in [0.5, 0.6) is 0 Å². The Kier molecular flexibility index (Phi) is 4.87. The van der Waals surface area contributed by atoms with Gasteiger partial charge in [-0.2, -0.15) is 0 Å². The quantitative estimate of drug-likeness (QED) is 0.749. The van der Waals surface area contributed by atoms with Gasteiger partial charge in [0.15, 0.2) is 5.78 Å². The Labute approximate surface area is 117 Å². The van der Waals surface area contributed by atoms with Gasteiger partial charge < -0.3 is 15.5 Å². The summed E-state index contributed by atoms with van der Waals surface area (Å²) in [7, 11) is 0. The van der Waals surface area contributed by atoms with Crippen LogP contribution in [0.3, 0.4) is 0 Å². The molecule has 0 aliphatic heterocycles. The van der Waals surface area contributed by atoms with Crippen LogP contribution in [-0.2, 0) is 16.1 Å². The Morgan fingerprint density at radius 3 is 2.65 bits per heavy atom. The topological polar surface area (TPSA) is 79.3 Å². The van der Waals surface area contributed by atoms with Gasteiger partial charge in [-0.25, -0.2) is 4.79 Å². The van der Waals surface area contributed by atoms with Crippen molar-refractivity contribution in [1.29, 1.82) is 5.41 Å². The van der Waals surface area contributed by atoms with Gasteiger partial charge in [0, 0.05) is 0 Å². The predicted octanol–water partition coefficient (Wildman–Crippen LogP) is 2.30.